The van der Waals surface area contributed by atoms with Crippen molar-refractivity contribution in [1.29, 1.82) is 0 Å². The first kappa shape index (κ1) is 13.5. The lowest BCUT2D eigenvalue weighted by atomic mass is 10.0. The lowest BCUT2D eigenvalue weighted by Gasteiger charge is -2.37. The van der Waals surface area contributed by atoms with Crippen molar-refractivity contribution in [3.63, 3.8) is 0 Å². The summed E-state index contributed by atoms with van der Waals surface area (Å²) < 4.78 is 25.3. The second kappa shape index (κ2) is 5.38. The van der Waals surface area contributed by atoms with Gasteiger partial charge in [-0.05, 0) is 18.9 Å². The van der Waals surface area contributed by atoms with Crippen LogP contribution in [-0.2, 0) is 16.4 Å². The Balaban J connectivity index is 2.15. The van der Waals surface area contributed by atoms with Crippen LogP contribution in [0.1, 0.15) is 12.5 Å². The van der Waals surface area contributed by atoms with Crippen LogP contribution in [0.5, 0.6) is 0 Å². The van der Waals surface area contributed by atoms with Crippen molar-refractivity contribution in [2.75, 3.05) is 19.3 Å². The Morgan fingerprint density at radius 1 is 1.33 bits per heavy atom. The van der Waals surface area contributed by atoms with Gasteiger partial charge in [-0.15, -0.1) is 0 Å². The Bertz CT molecular complexity index is 487. The van der Waals surface area contributed by atoms with Crippen LogP contribution in [-0.4, -0.2) is 44.2 Å². The first-order chi connectivity index (χ1) is 8.47. The van der Waals surface area contributed by atoms with Crippen molar-refractivity contribution < 1.29 is 8.42 Å². The highest BCUT2D eigenvalue weighted by Gasteiger charge is 2.31. The van der Waals surface area contributed by atoms with Gasteiger partial charge in [0.1, 0.15) is 0 Å². The van der Waals surface area contributed by atoms with Crippen molar-refractivity contribution in [2.45, 2.75) is 25.4 Å². The fourth-order valence-electron chi connectivity index (χ4n) is 2.39. The molecule has 4 nitrogen and oxygen atoms in total. The van der Waals surface area contributed by atoms with Crippen LogP contribution in [0.3, 0.4) is 0 Å². The molecule has 0 aromatic heterocycles. The summed E-state index contributed by atoms with van der Waals surface area (Å²) in [5, 5.41) is 3.35. The summed E-state index contributed by atoms with van der Waals surface area (Å²) in [4.78, 5) is 0. The summed E-state index contributed by atoms with van der Waals surface area (Å²) in [5.41, 5.74) is 1.17. The standard InChI is InChI=1S/C13H20N2O2S/c1-11-10-15(18(2,16)17)13(9-14-11)8-12-6-4-3-5-7-12/h3-7,11,13-14H,8-10H2,1-2H3. The molecule has 100 valence electrons. The normalized spacial score (nSPS) is 26.1. The first-order valence-corrected chi connectivity index (χ1v) is 8.06. The summed E-state index contributed by atoms with van der Waals surface area (Å²) in [6, 6.07) is 10.2. The van der Waals surface area contributed by atoms with Crippen molar-refractivity contribution in [3.05, 3.63) is 35.9 Å². The van der Waals surface area contributed by atoms with Crippen LogP contribution >= 0.6 is 0 Å². The Kier molecular flexibility index (Phi) is 4.04. The number of nitrogens with zero attached hydrogens (tertiary/aromatic N) is 1. The minimum Gasteiger partial charge on any atom is -0.311 e. The van der Waals surface area contributed by atoms with Gasteiger partial charge in [-0.2, -0.15) is 4.31 Å². The molecule has 1 heterocycles. The smallest absolute Gasteiger partial charge is 0.211 e. The third-order valence-corrected chi connectivity index (χ3v) is 4.60. The van der Waals surface area contributed by atoms with E-state index in [1.54, 1.807) is 4.31 Å². The number of hydrogen-bond acceptors (Lipinski definition) is 3. The van der Waals surface area contributed by atoms with Crippen molar-refractivity contribution in [1.82, 2.24) is 9.62 Å². The second-order valence-corrected chi connectivity index (χ2v) is 6.92. The molecule has 1 saturated heterocycles. The number of rotatable bonds is 3. The number of hydrogen-bond donors (Lipinski definition) is 1. The topological polar surface area (TPSA) is 49.4 Å². The predicted molar refractivity (Wildman–Crippen MR) is 72.9 cm³/mol. The maximum atomic E-state index is 11.8. The minimum atomic E-state index is -3.13. The van der Waals surface area contributed by atoms with Crippen LogP contribution in [0.2, 0.25) is 0 Å². The number of nitrogens with one attached hydrogen (secondary N) is 1. The quantitative estimate of drug-likeness (QED) is 0.884. The van der Waals surface area contributed by atoms with E-state index in [-0.39, 0.29) is 12.1 Å². The monoisotopic (exact) mass is 268 g/mol. The number of benzene rings is 1. The first-order valence-electron chi connectivity index (χ1n) is 6.21. The van der Waals surface area contributed by atoms with E-state index in [0.29, 0.717) is 13.1 Å². The van der Waals surface area contributed by atoms with E-state index < -0.39 is 10.0 Å². The van der Waals surface area contributed by atoms with Crippen molar-refractivity contribution in [3.8, 4) is 0 Å². The molecule has 1 aliphatic rings. The van der Waals surface area contributed by atoms with Crippen molar-refractivity contribution in [2.24, 2.45) is 0 Å². The molecule has 1 aromatic carbocycles. The molecule has 0 radical (unpaired) electrons. The van der Waals surface area contributed by atoms with E-state index in [4.69, 9.17) is 0 Å². The minimum absolute atomic E-state index is 0.0126. The van der Waals surface area contributed by atoms with Gasteiger partial charge in [0.15, 0.2) is 0 Å². The Morgan fingerprint density at radius 3 is 2.61 bits per heavy atom. The van der Waals surface area contributed by atoms with Crippen LogP contribution in [0.15, 0.2) is 30.3 Å². The molecule has 0 spiro atoms. The molecule has 0 saturated carbocycles. The predicted octanol–water partition coefficient (Wildman–Crippen LogP) is 0.851. The van der Waals surface area contributed by atoms with Gasteiger partial charge < -0.3 is 5.32 Å². The highest BCUT2D eigenvalue weighted by Crippen LogP contribution is 2.16. The van der Waals surface area contributed by atoms with Crippen LogP contribution in [0, 0.1) is 0 Å². The summed E-state index contributed by atoms with van der Waals surface area (Å²) in [5.74, 6) is 0. The van der Waals surface area contributed by atoms with Crippen LogP contribution in [0.25, 0.3) is 0 Å². The van der Waals surface area contributed by atoms with Gasteiger partial charge in [-0.3, -0.25) is 0 Å². The number of sulfonamides is 1. The molecule has 5 heteroatoms. The van der Waals surface area contributed by atoms with Gasteiger partial charge >= 0.3 is 0 Å². The Morgan fingerprint density at radius 2 is 2.00 bits per heavy atom. The molecule has 1 N–H and O–H groups in total. The average molecular weight is 268 g/mol. The van der Waals surface area contributed by atoms with E-state index in [9.17, 15) is 8.42 Å². The fraction of sp³-hybridized carbons (Fsp3) is 0.538. The molecule has 2 rings (SSSR count). The molecular weight excluding hydrogens is 248 g/mol. The third kappa shape index (κ3) is 3.31. The van der Waals surface area contributed by atoms with Crippen LogP contribution < -0.4 is 5.32 Å². The third-order valence-electron chi connectivity index (χ3n) is 3.30. The Labute approximate surface area is 109 Å². The van der Waals surface area contributed by atoms with Gasteiger partial charge in [0.25, 0.3) is 0 Å². The van der Waals surface area contributed by atoms with Crippen molar-refractivity contribution >= 4 is 10.0 Å². The maximum Gasteiger partial charge on any atom is 0.211 e. The molecule has 1 aromatic rings. The van der Waals surface area contributed by atoms with E-state index in [0.717, 1.165) is 6.42 Å². The van der Waals surface area contributed by atoms with E-state index >= 15 is 0 Å². The summed E-state index contributed by atoms with van der Waals surface area (Å²) in [6.07, 6.45) is 2.05. The SMILES string of the molecule is CC1CN(S(C)(=O)=O)C(Cc2ccccc2)CN1. The fourth-order valence-corrected chi connectivity index (χ4v) is 3.57. The summed E-state index contributed by atoms with van der Waals surface area (Å²) in [7, 11) is -3.13. The zero-order valence-corrected chi connectivity index (χ0v) is 11.7. The van der Waals surface area contributed by atoms with Gasteiger partial charge in [-0.25, -0.2) is 8.42 Å². The molecule has 0 amide bonds. The van der Waals surface area contributed by atoms with Gasteiger partial charge in [0, 0.05) is 25.2 Å². The van der Waals surface area contributed by atoms with Crippen LogP contribution in [0.4, 0.5) is 0 Å². The summed E-state index contributed by atoms with van der Waals surface area (Å²) in [6.45, 7) is 3.27. The van der Waals surface area contributed by atoms with E-state index in [1.807, 2.05) is 37.3 Å². The molecule has 18 heavy (non-hydrogen) atoms. The zero-order valence-electron chi connectivity index (χ0n) is 10.8. The largest absolute Gasteiger partial charge is 0.311 e. The number of piperazine rings is 1. The van der Waals surface area contributed by atoms with E-state index in [2.05, 4.69) is 5.32 Å². The lowest BCUT2D eigenvalue weighted by molar-refractivity contribution is 0.231. The lowest BCUT2D eigenvalue weighted by Crippen LogP contribution is -2.57. The molecule has 1 fully saturated rings. The maximum absolute atomic E-state index is 11.8. The summed E-state index contributed by atoms with van der Waals surface area (Å²) >= 11 is 0. The molecule has 1 aliphatic heterocycles. The molecular formula is C13H20N2O2S. The molecule has 0 aliphatic carbocycles. The van der Waals surface area contributed by atoms with Gasteiger partial charge in [0.05, 0.1) is 6.26 Å². The Hall–Kier alpha value is -0.910. The average Bonchev–Trinajstić information content (AvgIpc) is 2.31. The molecule has 2 atom stereocenters. The van der Waals surface area contributed by atoms with E-state index in [1.165, 1.54) is 11.8 Å². The molecule has 0 bridgehead atoms. The van der Waals surface area contributed by atoms with Gasteiger partial charge in [0.2, 0.25) is 10.0 Å². The second-order valence-electron chi connectivity index (χ2n) is 4.99. The molecule has 2 unspecified atom stereocenters. The highest BCUT2D eigenvalue weighted by atomic mass is 32.2. The zero-order chi connectivity index (χ0) is 13.2. The highest BCUT2D eigenvalue weighted by molar-refractivity contribution is 7.88. The van der Waals surface area contributed by atoms with Gasteiger partial charge in [-0.1, -0.05) is 30.3 Å².